The molecule has 0 spiro atoms. The number of nitrogens with zero attached hydrogens (tertiary/aromatic N) is 2. The summed E-state index contributed by atoms with van der Waals surface area (Å²) in [5.74, 6) is 0.868. The van der Waals surface area contributed by atoms with Crippen LogP contribution < -0.4 is 4.90 Å². The van der Waals surface area contributed by atoms with Crippen LogP contribution >= 0.6 is 0 Å². The summed E-state index contributed by atoms with van der Waals surface area (Å²) in [5, 5.41) is 8.89. The van der Waals surface area contributed by atoms with E-state index in [2.05, 4.69) is 18.1 Å². The summed E-state index contributed by atoms with van der Waals surface area (Å²) in [6.07, 6.45) is 5.32. The van der Waals surface area contributed by atoms with E-state index in [1.807, 2.05) is 29.2 Å². The van der Waals surface area contributed by atoms with E-state index in [1.165, 1.54) is 0 Å². The second-order valence-corrected chi connectivity index (χ2v) is 3.17. The van der Waals surface area contributed by atoms with Gasteiger partial charge in [0.15, 0.2) is 0 Å². The summed E-state index contributed by atoms with van der Waals surface area (Å²) in [5.41, 5.74) is 0.816. The average molecular weight is 204 g/mol. The van der Waals surface area contributed by atoms with E-state index in [4.69, 9.17) is 5.11 Å². The summed E-state index contributed by atoms with van der Waals surface area (Å²) < 4.78 is 0. The van der Waals surface area contributed by atoms with Crippen LogP contribution in [0, 0.1) is 0 Å². The molecule has 0 saturated heterocycles. The third-order valence-corrected chi connectivity index (χ3v) is 2.01. The highest BCUT2D eigenvalue weighted by Crippen LogP contribution is 2.11. The molecular weight excluding hydrogens is 188 g/mol. The van der Waals surface area contributed by atoms with Gasteiger partial charge in [0.05, 0.1) is 6.61 Å². The second-order valence-electron chi connectivity index (χ2n) is 3.17. The minimum absolute atomic E-state index is 0.0240. The standard InChI is InChI=1S/C12H16N2O/c1-3-7-14(8-4-2)12-6-5-11(10-15)9-13-12/h3-6,9,15H,1-2,7-8,10H2. The highest BCUT2D eigenvalue weighted by molar-refractivity contribution is 5.40. The normalized spacial score (nSPS) is 9.67. The fourth-order valence-electron chi connectivity index (χ4n) is 1.27. The first kappa shape index (κ1) is 11.5. The summed E-state index contributed by atoms with van der Waals surface area (Å²) >= 11 is 0. The third kappa shape index (κ3) is 3.22. The third-order valence-electron chi connectivity index (χ3n) is 2.01. The van der Waals surface area contributed by atoms with Crippen LogP contribution in [0.3, 0.4) is 0 Å². The molecule has 0 radical (unpaired) electrons. The van der Waals surface area contributed by atoms with Gasteiger partial charge >= 0.3 is 0 Å². The van der Waals surface area contributed by atoms with E-state index in [-0.39, 0.29) is 6.61 Å². The van der Waals surface area contributed by atoms with E-state index in [0.717, 1.165) is 24.5 Å². The minimum atomic E-state index is 0.0240. The van der Waals surface area contributed by atoms with Crippen molar-refractivity contribution >= 4 is 5.82 Å². The van der Waals surface area contributed by atoms with Crippen molar-refractivity contribution in [1.82, 2.24) is 4.98 Å². The molecule has 1 aromatic heterocycles. The van der Waals surface area contributed by atoms with Gasteiger partial charge in [-0.05, 0) is 11.6 Å². The molecule has 80 valence electrons. The van der Waals surface area contributed by atoms with E-state index in [0.29, 0.717) is 0 Å². The lowest BCUT2D eigenvalue weighted by Gasteiger charge is -2.20. The molecule has 0 aliphatic rings. The summed E-state index contributed by atoms with van der Waals surface area (Å²) in [6, 6.07) is 3.75. The van der Waals surface area contributed by atoms with Gasteiger partial charge in [-0.15, -0.1) is 13.2 Å². The summed E-state index contributed by atoms with van der Waals surface area (Å²) in [4.78, 5) is 6.30. The maximum Gasteiger partial charge on any atom is 0.129 e. The van der Waals surface area contributed by atoms with E-state index >= 15 is 0 Å². The van der Waals surface area contributed by atoms with Gasteiger partial charge in [0.1, 0.15) is 5.82 Å². The number of aliphatic hydroxyl groups excluding tert-OH is 1. The molecule has 1 aromatic rings. The Morgan fingerprint density at radius 1 is 1.27 bits per heavy atom. The molecular formula is C12H16N2O. The number of aromatic nitrogens is 1. The Hall–Kier alpha value is -1.61. The number of aliphatic hydroxyl groups is 1. The largest absolute Gasteiger partial charge is 0.392 e. The molecule has 0 aliphatic heterocycles. The molecule has 15 heavy (non-hydrogen) atoms. The van der Waals surface area contributed by atoms with Gasteiger partial charge in [-0.1, -0.05) is 18.2 Å². The first-order valence-electron chi connectivity index (χ1n) is 4.84. The van der Waals surface area contributed by atoms with Gasteiger partial charge in [-0.2, -0.15) is 0 Å². The topological polar surface area (TPSA) is 36.4 Å². The van der Waals surface area contributed by atoms with Crippen molar-refractivity contribution in [2.45, 2.75) is 6.61 Å². The zero-order chi connectivity index (χ0) is 11.1. The molecule has 0 fully saturated rings. The molecule has 0 saturated carbocycles. The first-order valence-corrected chi connectivity index (χ1v) is 4.84. The Morgan fingerprint density at radius 3 is 2.33 bits per heavy atom. The van der Waals surface area contributed by atoms with Crippen LogP contribution in [0.15, 0.2) is 43.6 Å². The molecule has 0 unspecified atom stereocenters. The lowest BCUT2D eigenvalue weighted by atomic mass is 10.3. The van der Waals surface area contributed by atoms with E-state index in [9.17, 15) is 0 Å². The Labute approximate surface area is 90.4 Å². The monoisotopic (exact) mass is 204 g/mol. The lowest BCUT2D eigenvalue weighted by Crippen LogP contribution is -2.24. The van der Waals surface area contributed by atoms with Gasteiger partial charge in [0, 0.05) is 19.3 Å². The number of pyridine rings is 1. The molecule has 1 N–H and O–H groups in total. The van der Waals surface area contributed by atoms with Gasteiger partial charge in [-0.3, -0.25) is 0 Å². The average Bonchev–Trinajstić information content (AvgIpc) is 2.29. The lowest BCUT2D eigenvalue weighted by molar-refractivity contribution is 0.281. The van der Waals surface area contributed by atoms with Gasteiger partial charge in [0.2, 0.25) is 0 Å². The van der Waals surface area contributed by atoms with Gasteiger partial charge in [0.25, 0.3) is 0 Å². The van der Waals surface area contributed by atoms with E-state index in [1.54, 1.807) is 6.20 Å². The highest BCUT2D eigenvalue weighted by Gasteiger charge is 2.03. The van der Waals surface area contributed by atoms with Crippen LogP contribution in [0.5, 0.6) is 0 Å². The Morgan fingerprint density at radius 2 is 1.93 bits per heavy atom. The van der Waals surface area contributed by atoms with Crippen LogP contribution in [0.25, 0.3) is 0 Å². The van der Waals surface area contributed by atoms with Crippen LogP contribution in [0.2, 0.25) is 0 Å². The summed E-state index contributed by atoms with van der Waals surface area (Å²) in [7, 11) is 0. The van der Waals surface area contributed by atoms with Gasteiger partial charge in [-0.25, -0.2) is 4.98 Å². The maximum absolute atomic E-state index is 8.89. The molecule has 3 nitrogen and oxygen atoms in total. The van der Waals surface area contributed by atoms with Crippen molar-refractivity contribution in [3.05, 3.63) is 49.2 Å². The highest BCUT2D eigenvalue weighted by atomic mass is 16.3. The fourth-order valence-corrected chi connectivity index (χ4v) is 1.27. The van der Waals surface area contributed by atoms with Crippen LogP contribution in [0.4, 0.5) is 5.82 Å². The van der Waals surface area contributed by atoms with E-state index < -0.39 is 0 Å². The zero-order valence-electron chi connectivity index (χ0n) is 8.76. The minimum Gasteiger partial charge on any atom is -0.392 e. The first-order chi connectivity index (χ1) is 7.31. The Balaban J connectivity index is 2.80. The number of hydrogen-bond acceptors (Lipinski definition) is 3. The van der Waals surface area contributed by atoms with Crippen LogP contribution in [0.1, 0.15) is 5.56 Å². The SMILES string of the molecule is C=CCN(CC=C)c1ccc(CO)cn1. The van der Waals surface area contributed by atoms with Crippen LogP contribution in [-0.4, -0.2) is 23.2 Å². The molecule has 0 aromatic carbocycles. The molecule has 0 amide bonds. The van der Waals surface area contributed by atoms with Crippen molar-refractivity contribution in [3.8, 4) is 0 Å². The van der Waals surface area contributed by atoms with Crippen molar-refractivity contribution in [2.75, 3.05) is 18.0 Å². The number of anilines is 1. The zero-order valence-corrected chi connectivity index (χ0v) is 8.76. The molecule has 3 heteroatoms. The molecule has 0 aliphatic carbocycles. The molecule has 0 atom stereocenters. The van der Waals surface area contributed by atoms with Crippen molar-refractivity contribution < 1.29 is 5.11 Å². The number of hydrogen-bond donors (Lipinski definition) is 1. The van der Waals surface area contributed by atoms with Crippen molar-refractivity contribution in [1.29, 1.82) is 0 Å². The predicted octanol–water partition coefficient (Wildman–Crippen LogP) is 1.75. The molecule has 1 heterocycles. The Bertz CT molecular complexity index is 309. The molecule has 0 bridgehead atoms. The number of rotatable bonds is 6. The second kappa shape index (κ2) is 5.98. The van der Waals surface area contributed by atoms with Gasteiger partial charge < -0.3 is 10.0 Å². The summed E-state index contributed by atoms with van der Waals surface area (Å²) in [6.45, 7) is 8.89. The maximum atomic E-state index is 8.89. The van der Waals surface area contributed by atoms with Crippen LogP contribution in [-0.2, 0) is 6.61 Å². The Kier molecular flexibility index (Phi) is 4.57. The van der Waals surface area contributed by atoms with Crippen molar-refractivity contribution in [3.63, 3.8) is 0 Å². The fraction of sp³-hybridized carbons (Fsp3) is 0.250. The van der Waals surface area contributed by atoms with Crippen molar-refractivity contribution in [2.24, 2.45) is 0 Å². The smallest absolute Gasteiger partial charge is 0.129 e. The predicted molar refractivity (Wildman–Crippen MR) is 62.8 cm³/mol. The molecule has 1 rings (SSSR count). The quantitative estimate of drug-likeness (QED) is 0.717.